The molecule has 110 valence electrons. The third-order valence-corrected chi connectivity index (χ3v) is 2.83. The van der Waals surface area contributed by atoms with Gasteiger partial charge in [-0.3, -0.25) is 10.6 Å². The summed E-state index contributed by atoms with van der Waals surface area (Å²) in [6.45, 7) is 1.76. The largest absolute Gasteiger partial charge is 0.323 e. The molecule has 2 rings (SSSR count). The molecular formula is C14H12F3N3O. The lowest BCUT2D eigenvalue weighted by Gasteiger charge is -2.11. The number of nitrogens with one attached hydrogen (secondary N) is 2. The van der Waals surface area contributed by atoms with Crippen molar-refractivity contribution in [3.63, 3.8) is 0 Å². The van der Waals surface area contributed by atoms with Gasteiger partial charge in [-0.25, -0.2) is 13.2 Å². The number of amides is 1. The van der Waals surface area contributed by atoms with Crippen molar-refractivity contribution in [2.75, 3.05) is 10.7 Å². The Hall–Kier alpha value is -2.54. The molecule has 0 fully saturated rings. The molecule has 4 nitrogen and oxygen atoms in total. The Labute approximate surface area is 118 Å². The first-order valence-corrected chi connectivity index (χ1v) is 5.95. The highest BCUT2D eigenvalue weighted by atomic mass is 19.2. The fraction of sp³-hybridized carbons (Fsp3) is 0.0714. The predicted molar refractivity (Wildman–Crippen MR) is 73.3 cm³/mol. The molecule has 0 heterocycles. The average Bonchev–Trinajstić information content (AvgIpc) is 2.44. The highest BCUT2D eigenvalue weighted by molar-refractivity contribution is 6.08. The molecule has 21 heavy (non-hydrogen) atoms. The summed E-state index contributed by atoms with van der Waals surface area (Å²) < 4.78 is 39.4. The van der Waals surface area contributed by atoms with E-state index in [1.165, 1.54) is 6.07 Å². The van der Waals surface area contributed by atoms with E-state index in [2.05, 4.69) is 10.7 Å². The standard InChI is InChI=1S/C14H12F3N3O/c1-7-2-3-12(20-18)8(4-7)14(21)19-13-6-10(16)9(15)5-11(13)17/h2-6,20H,18H2,1H3,(H,19,21). The van der Waals surface area contributed by atoms with Crippen LogP contribution in [0.15, 0.2) is 30.3 Å². The molecule has 0 saturated heterocycles. The van der Waals surface area contributed by atoms with E-state index < -0.39 is 29.0 Å². The highest BCUT2D eigenvalue weighted by Crippen LogP contribution is 2.22. The molecule has 2 aromatic carbocycles. The maximum atomic E-state index is 13.5. The average molecular weight is 295 g/mol. The summed E-state index contributed by atoms with van der Waals surface area (Å²) in [5, 5.41) is 2.18. The zero-order valence-electron chi connectivity index (χ0n) is 11.0. The van der Waals surface area contributed by atoms with Crippen LogP contribution in [-0.2, 0) is 0 Å². The van der Waals surface area contributed by atoms with Crippen LogP contribution in [0.2, 0.25) is 0 Å². The Morgan fingerprint density at radius 2 is 1.67 bits per heavy atom. The Morgan fingerprint density at radius 3 is 2.33 bits per heavy atom. The van der Waals surface area contributed by atoms with E-state index in [1.54, 1.807) is 19.1 Å². The molecule has 0 atom stereocenters. The molecule has 0 aliphatic heterocycles. The van der Waals surface area contributed by atoms with Crippen LogP contribution in [-0.4, -0.2) is 5.91 Å². The van der Waals surface area contributed by atoms with Crippen LogP contribution < -0.4 is 16.6 Å². The van der Waals surface area contributed by atoms with Crippen molar-refractivity contribution >= 4 is 17.3 Å². The molecule has 0 radical (unpaired) electrons. The fourth-order valence-electron chi connectivity index (χ4n) is 1.78. The van der Waals surface area contributed by atoms with Gasteiger partial charge in [0.2, 0.25) is 0 Å². The number of carbonyl (C=O) groups is 1. The monoisotopic (exact) mass is 295 g/mol. The maximum Gasteiger partial charge on any atom is 0.257 e. The number of carbonyl (C=O) groups excluding carboxylic acids is 1. The molecule has 0 aromatic heterocycles. The molecule has 7 heteroatoms. The third kappa shape index (κ3) is 3.14. The number of hydrogen-bond acceptors (Lipinski definition) is 3. The number of aryl methyl sites for hydroxylation is 1. The smallest absolute Gasteiger partial charge is 0.257 e. The number of nitrogen functional groups attached to an aromatic ring is 1. The summed E-state index contributed by atoms with van der Waals surface area (Å²) in [5.41, 5.74) is 3.14. The van der Waals surface area contributed by atoms with Crippen molar-refractivity contribution in [1.29, 1.82) is 0 Å². The third-order valence-electron chi connectivity index (χ3n) is 2.83. The second kappa shape index (κ2) is 5.84. The van der Waals surface area contributed by atoms with Gasteiger partial charge in [0.05, 0.1) is 16.9 Å². The summed E-state index contributed by atoms with van der Waals surface area (Å²) in [7, 11) is 0. The summed E-state index contributed by atoms with van der Waals surface area (Å²) >= 11 is 0. The van der Waals surface area contributed by atoms with E-state index in [0.29, 0.717) is 17.8 Å². The van der Waals surface area contributed by atoms with Gasteiger partial charge in [0.15, 0.2) is 11.6 Å². The van der Waals surface area contributed by atoms with E-state index >= 15 is 0 Å². The topological polar surface area (TPSA) is 67.1 Å². The molecule has 4 N–H and O–H groups in total. The normalized spacial score (nSPS) is 10.3. The Bertz CT molecular complexity index is 704. The van der Waals surface area contributed by atoms with E-state index in [4.69, 9.17) is 5.84 Å². The maximum absolute atomic E-state index is 13.5. The van der Waals surface area contributed by atoms with Gasteiger partial charge in [-0.1, -0.05) is 11.6 Å². The van der Waals surface area contributed by atoms with E-state index in [9.17, 15) is 18.0 Å². The van der Waals surface area contributed by atoms with Crippen LogP contribution >= 0.6 is 0 Å². The minimum atomic E-state index is -1.33. The lowest BCUT2D eigenvalue weighted by atomic mass is 10.1. The first kappa shape index (κ1) is 14.9. The van der Waals surface area contributed by atoms with Crippen molar-refractivity contribution in [3.8, 4) is 0 Å². The molecule has 2 aromatic rings. The number of halogens is 3. The molecule has 0 aliphatic rings. The van der Waals surface area contributed by atoms with Crippen LogP contribution in [0.25, 0.3) is 0 Å². The first-order valence-electron chi connectivity index (χ1n) is 5.95. The summed E-state index contributed by atoms with van der Waals surface area (Å²) in [6.07, 6.45) is 0. The molecular weight excluding hydrogens is 283 g/mol. The van der Waals surface area contributed by atoms with Gasteiger partial charge in [-0.2, -0.15) is 0 Å². The number of hydrazine groups is 1. The fourth-order valence-corrected chi connectivity index (χ4v) is 1.78. The number of hydrogen-bond donors (Lipinski definition) is 3. The van der Waals surface area contributed by atoms with Gasteiger partial charge in [0.25, 0.3) is 5.91 Å². The zero-order chi connectivity index (χ0) is 15.6. The Morgan fingerprint density at radius 1 is 1.00 bits per heavy atom. The van der Waals surface area contributed by atoms with E-state index in [1.807, 2.05) is 0 Å². The van der Waals surface area contributed by atoms with Crippen molar-refractivity contribution in [2.24, 2.45) is 5.84 Å². The zero-order valence-corrected chi connectivity index (χ0v) is 11.0. The van der Waals surface area contributed by atoms with Crippen LogP contribution in [0.3, 0.4) is 0 Å². The van der Waals surface area contributed by atoms with Crippen molar-refractivity contribution in [1.82, 2.24) is 0 Å². The van der Waals surface area contributed by atoms with Gasteiger partial charge in [-0.05, 0) is 19.1 Å². The Balaban J connectivity index is 2.34. The van der Waals surface area contributed by atoms with Gasteiger partial charge < -0.3 is 10.7 Å². The molecule has 0 saturated carbocycles. The van der Waals surface area contributed by atoms with Crippen LogP contribution in [0, 0.1) is 24.4 Å². The SMILES string of the molecule is Cc1ccc(NN)c(C(=O)Nc2cc(F)c(F)cc2F)c1. The minimum absolute atomic E-state index is 0.154. The highest BCUT2D eigenvalue weighted by Gasteiger charge is 2.16. The van der Waals surface area contributed by atoms with Crippen molar-refractivity contribution < 1.29 is 18.0 Å². The van der Waals surface area contributed by atoms with Crippen LogP contribution in [0.5, 0.6) is 0 Å². The number of anilines is 2. The predicted octanol–water partition coefficient (Wildman–Crippen LogP) is 2.95. The summed E-state index contributed by atoms with van der Waals surface area (Å²) in [4.78, 5) is 12.1. The molecule has 0 bridgehead atoms. The van der Waals surface area contributed by atoms with Gasteiger partial charge in [0, 0.05) is 12.1 Å². The summed E-state index contributed by atoms with van der Waals surface area (Å²) in [5.74, 6) is 0.938. The quantitative estimate of drug-likeness (QED) is 0.463. The lowest BCUT2D eigenvalue weighted by molar-refractivity contribution is 0.102. The first-order chi connectivity index (χ1) is 9.92. The van der Waals surface area contributed by atoms with E-state index in [-0.39, 0.29) is 5.56 Å². The second-order valence-electron chi connectivity index (χ2n) is 4.39. The minimum Gasteiger partial charge on any atom is -0.323 e. The molecule has 0 unspecified atom stereocenters. The molecule has 1 amide bonds. The summed E-state index contributed by atoms with van der Waals surface area (Å²) in [6, 6.07) is 5.77. The van der Waals surface area contributed by atoms with Gasteiger partial charge in [-0.15, -0.1) is 0 Å². The number of benzene rings is 2. The number of nitrogens with two attached hydrogens (primary N) is 1. The van der Waals surface area contributed by atoms with Crippen LogP contribution in [0.1, 0.15) is 15.9 Å². The lowest BCUT2D eigenvalue weighted by Crippen LogP contribution is -2.18. The second-order valence-corrected chi connectivity index (χ2v) is 4.39. The number of rotatable bonds is 3. The van der Waals surface area contributed by atoms with E-state index in [0.717, 1.165) is 5.56 Å². The Kier molecular flexibility index (Phi) is 4.13. The molecule has 0 spiro atoms. The van der Waals surface area contributed by atoms with Crippen molar-refractivity contribution in [2.45, 2.75) is 6.92 Å². The van der Waals surface area contributed by atoms with Crippen LogP contribution in [0.4, 0.5) is 24.5 Å². The van der Waals surface area contributed by atoms with Crippen molar-refractivity contribution in [3.05, 3.63) is 58.9 Å². The van der Waals surface area contributed by atoms with Gasteiger partial charge >= 0.3 is 0 Å². The van der Waals surface area contributed by atoms with Gasteiger partial charge in [0.1, 0.15) is 5.82 Å². The molecule has 0 aliphatic carbocycles.